The van der Waals surface area contributed by atoms with Crippen molar-refractivity contribution in [3.8, 4) is 0 Å². The Kier molecular flexibility index (Phi) is 2.80. The quantitative estimate of drug-likeness (QED) is 0.473. The fourth-order valence-electron chi connectivity index (χ4n) is 0.892. The van der Waals surface area contributed by atoms with Gasteiger partial charge in [0.25, 0.3) is 6.43 Å². The van der Waals surface area contributed by atoms with E-state index in [0.717, 1.165) is 6.07 Å². The third kappa shape index (κ3) is 1.87. The number of alkyl halides is 2. The van der Waals surface area contributed by atoms with Gasteiger partial charge in [0.05, 0.1) is 4.92 Å². The van der Waals surface area contributed by atoms with Crippen molar-refractivity contribution in [1.82, 2.24) is 4.98 Å². The van der Waals surface area contributed by atoms with Crippen LogP contribution in [0.25, 0.3) is 0 Å². The van der Waals surface area contributed by atoms with Crippen LogP contribution in [-0.2, 0) is 0 Å². The van der Waals surface area contributed by atoms with Crippen LogP contribution in [0.1, 0.15) is 12.0 Å². The minimum absolute atomic E-state index is 0.282. The number of nitrogens with two attached hydrogens (primary N) is 1. The van der Waals surface area contributed by atoms with Crippen molar-refractivity contribution >= 4 is 23.1 Å². The highest BCUT2D eigenvalue weighted by molar-refractivity contribution is 6.31. The topological polar surface area (TPSA) is 82.0 Å². The van der Waals surface area contributed by atoms with Crippen LogP contribution in [0.3, 0.4) is 0 Å². The average molecular weight is 224 g/mol. The Labute approximate surface area is 81.6 Å². The standard InChI is InChI=1S/C6H4ClF2N3O2/c7-5-4(12(13)14)2(6(8)9)1-3(10)11-5/h1,6H,(H2,10,11). The summed E-state index contributed by atoms with van der Waals surface area (Å²) in [6.45, 7) is 0. The van der Waals surface area contributed by atoms with Crippen molar-refractivity contribution in [3.05, 3.63) is 26.9 Å². The molecule has 0 bridgehead atoms. The number of hydrogen-bond donors (Lipinski definition) is 1. The van der Waals surface area contributed by atoms with Crippen LogP contribution < -0.4 is 5.73 Å². The minimum atomic E-state index is -3.02. The van der Waals surface area contributed by atoms with E-state index in [1.165, 1.54) is 0 Å². The molecule has 0 atom stereocenters. The molecule has 0 amide bonds. The number of hydrogen-bond acceptors (Lipinski definition) is 4. The molecule has 0 aromatic carbocycles. The first-order chi connectivity index (χ1) is 6.43. The van der Waals surface area contributed by atoms with E-state index in [1.54, 1.807) is 0 Å². The molecule has 0 unspecified atom stereocenters. The van der Waals surface area contributed by atoms with Crippen LogP contribution in [0, 0.1) is 10.1 Å². The molecule has 8 heteroatoms. The van der Waals surface area contributed by atoms with Gasteiger partial charge in [-0.25, -0.2) is 13.8 Å². The molecule has 1 rings (SSSR count). The van der Waals surface area contributed by atoms with Gasteiger partial charge in [-0.15, -0.1) is 0 Å². The lowest BCUT2D eigenvalue weighted by molar-refractivity contribution is -0.386. The number of anilines is 1. The molecule has 0 fully saturated rings. The zero-order chi connectivity index (χ0) is 10.9. The van der Waals surface area contributed by atoms with Crippen molar-refractivity contribution in [1.29, 1.82) is 0 Å². The highest BCUT2D eigenvalue weighted by atomic mass is 35.5. The van der Waals surface area contributed by atoms with Crippen LogP contribution in [0.2, 0.25) is 5.15 Å². The van der Waals surface area contributed by atoms with Gasteiger partial charge in [-0.1, -0.05) is 11.6 Å². The third-order valence-electron chi connectivity index (χ3n) is 1.42. The van der Waals surface area contributed by atoms with Gasteiger partial charge in [0.2, 0.25) is 5.15 Å². The number of nitrogen functional groups attached to an aromatic ring is 1. The summed E-state index contributed by atoms with van der Waals surface area (Å²) in [5, 5.41) is 9.73. The van der Waals surface area contributed by atoms with E-state index in [4.69, 9.17) is 17.3 Å². The molecule has 0 spiro atoms. The summed E-state index contributed by atoms with van der Waals surface area (Å²) in [4.78, 5) is 12.7. The molecule has 0 radical (unpaired) electrons. The molecule has 0 saturated carbocycles. The predicted octanol–water partition coefficient (Wildman–Crippen LogP) is 2.16. The lowest BCUT2D eigenvalue weighted by Gasteiger charge is -2.03. The molecule has 0 aliphatic heterocycles. The first-order valence-corrected chi connectivity index (χ1v) is 3.69. The predicted molar refractivity (Wildman–Crippen MR) is 45.3 cm³/mol. The van der Waals surface area contributed by atoms with E-state index in [1.807, 2.05) is 0 Å². The average Bonchev–Trinajstić information content (AvgIpc) is 2.01. The second-order valence-corrected chi connectivity index (χ2v) is 2.69. The van der Waals surface area contributed by atoms with E-state index in [9.17, 15) is 18.9 Å². The maximum Gasteiger partial charge on any atom is 0.315 e. The van der Waals surface area contributed by atoms with Gasteiger partial charge < -0.3 is 5.73 Å². The highest BCUT2D eigenvalue weighted by Gasteiger charge is 2.26. The van der Waals surface area contributed by atoms with E-state index < -0.39 is 27.8 Å². The fourth-order valence-corrected chi connectivity index (χ4v) is 1.17. The summed E-state index contributed by atoms with van der Waals surface area (Å²) in [5.74, 6) is -0.282. The molecule has 1 aromatic rings. The monoisotopic (exact) mass is 223 g/mol. The van der Waals surface area contributed by atoms with Gasteiger partial charge in [0.15, 0.2) is 0 Å². The SMILES string of the molecule is Nc1cc(C(F)F)c([N+](=O)[O-])c(Cl)n1. The summed E-state index contributed by atoms with van der Waals surface area (Å²) < 4.78 is 24.6. The van der Waals surface area contributed by atoms with Gasteiger partial charge in [0.1, 0.15) is 11.4 Å². The Morgan fingerprint density at radius 2 is 2.21 bits per heavy atom. The molecule has 0 saturated heterocycles. The molecule has 1 aromatic heterocycles. The second-order valence-electron chi connectivity index (χ2n) is 2.33. The fraction of sp³-hybridized carbons (Fsp3) is 0.167. The van der Waals surface area contributed by atoms with E-state index in [0.29, 0.717) is 0 Å². The molecule has 76 valence electrons. The van der Waals surface area contributed by atoms with Crippen molar-refractivity contribution in [2.75, 3.05) is 5.73 Å². The van der Waals surface area contributed by atoms with E-state index >= 15 is 0 Å². The van der Waals surface area contributed by atoms with Crippen LogP contribution in [0.15, 0.2) is 6.07 Å². The van der Waals surface area contributed by atoms with Crippen LogP contribution in [0.4, 0.5) is 20.3 Å². The molecule has 0 aliphatic carbocycles. The third-order valence-corrected chi connectivity index (χ3v) is 1.68. The Balaban J connectivity index is 3.44. The Hall–Kier alpha value is -1.50. The maximum atomic E-state index is 12.3. The summed E-state index contributed by atoms with van der Waals surface area (Å²) in [6.07, 6.45) is -3.02. The summed E-state index contributed by atoms with van der Waals surface area (Å²) in [6, 6.07) is 0.731. The summed E-state index contributed by atoms with van der Waals surface area (Å²) in [7, 11) is 0. The van der Waals surface area contributed by atoms with Gasteiger partial charge in [-0.2, -0.15) is 0 Å². The molecule has 2 N–H and O–H groups in total. The molecular weight excluding hydrogens is 220 g/mol. The molecule has 1 heterocycles. The minimum Gasteiger partial charge on any atom is -0.384 e. The number of nitro groups is 1. The van der Waals surface area contributed by atoms with E-state index in [2.05, 4.69) is 4.98 Å². The number of nitrogens with zero attached hydrogens (tertiary/aromatic N) is 2. The maximum absolute atomic E-state index is 12.3. The molecule has 14 heavy (non-hydrogen) atoms. The van der Waals surface area contributed by atoms with Crippen molar-refractivity contribution < 1.29 is 13.7 Å². The lowest BCUT2D eigenvalue weighted by atomic mass is 10.2. The smallest absolute Gasteiger partial charge is 0.315 e. The van der Waals surface area contributed by atoms with Crippen LogP contribution in [-0.4, -0.2) is 9.91 Å². The highest BCUT2D eigenvalue weighted by Crippen LogP contribution is 2.34. The van der Waals surface area contributed by atoms with Crippen molar-refractivity contribution in [2.45, 2.75) is 6.43 Å². The van der Waals surface area contributed by atoms with Gasteiger partial charge >= 0.3 is 5.69 Å². The first-order valence-electron chi connectivity index (χ1n) is 3.32. The van der Waals surface area contributed by atoms with Crippen molar-refractivity contribution in [2.24, 2.45) is 0 Å². The lowest BCUT2D eigenvalue weighted by Crippen LogP contribution is -2.01. The Bertz CT molecular complexity index is 386. The Morgan fingerprint density at radius 1 is 1.64 bits per heavy atom. The summed E-state index contributed by atoms with van der Waals surface area (Å²) >= 11 is 5.31. The van der Waals surface area contributed by atoms with E-state index in [-0.39, 0.29) is 5.82 Å². The van der Waals surface area contributed by atoms with Gasteiger partial charge in [-0.3, -0.25) is 10.1 Å². The molecule has 0 aliphatic rings. The summed E-state index contributed by atoms with van der Waals surface area (Å²) in [5.41, 5.74) is 3.38. The number of pyridine rings is 1. The zero-order valence-electron chi connectivity index (χ0n) is 6.58. The molecular formula is C6H4ClF2N3O2. The van der Waals surface area contributed by atoms with Gasteiger partial charge in [0, 0.05) is 0 Å². The molecule has 5 nitrogen and oxygen atoms in total. The number of halogens is 3. The normalized spacial score (nSPS) is 10.6. The van der Waals surface area contributed by atoms with Crippen LogP contribution in [0.5, 0.6) is 0 Å². The Morgan fingerprint density at radius 3 is 2.64 bits per heavy atom. The second kappa shape index (κ2) is 3.70. The number of aromatic nitrogens is 1. The zero-order valence-corrected chi connectivity index (χ0v) is 7.33. The first kappa shape index (κ1) is 10.6. The largest absolute Gasteiger partial charge is 0.384 e. The van der Waals surface area contributed by atoms with Crippen LogP contribution >= 0.6 is 11.6 Å². The van der Waals surface area contributed by atoms with Gasteiger partial charge in [-0.05, 0) is 6.07 Å². The number of rotatable bonds is 2. The van der Waals surface area contributed by atoms with Crippen molar-refractivity contribution in [3.63, 3.8) is 0 Å².